The number of aromatic nitrogens is 2. The Bertz CT molecular complexity index is 705. The Labute approximate surface area is 130 Å². The number of rotatable bonds is 5. The number of amides is 1. The van der Waals surface area contributed by atoms with E-state index >= 15 is 0 Å². The van der Waals surface area contributed by atoms with Crippen LogP contribution in [0.4, 0.5) is 0 Å². The summed E-state index contributed by atoms with van der Waals surface area (Å²) in [5, 5.41) is 2.83. The van der Waals surface area contributed by atoms with Crippen molar-refractivity contribution in [3.8, 4) is 11.3 Å². The fraction of sp³-hybridized carbons (Fsp3) is 0.353. The molecule has 2 rings (SSSR count). The number of hydrogen-bond acceptors (Lipinski definition) is 3. The van der Waals surface area contributed by atoms with Crippen molar-refractivity contribution in [3.05, 3.63) is 52.6 Å². The van der Waals surface area contributed by atoms with Crippen LogP contribution in [0, 0.1) is 6.92 Å². The summed E-state index contributed by atoms with van der Waals surface area (Å²) in [5.41, 5.74) is 2.42. The molecule has 0 aliphatic heterocycles. The van der Waals surface area contributed by atoms with Crippen molar-refractivity contribution >= 4 is 5.91 Å². The first-order chi connectivity index (χ1) is 10.5. The molecule has 0 bridgehead atoms. The lowest BCUT2D eigenvalue weighted by atomic mass is 10.1. The predicted molar refractivity (Wildman–Crippen MR) is 86.6 cm³/mol. The number of benzene rings is 1. The zero-order valence-corrected chi connectivity index (χ0v) is 13.2. The van der Waals surface area contributed by atoms with E-state index in [4.69, 9.17) is 0 Å². The number of carbonyl (C=O) groups is 1. The van der Waals surface area contributed by atoms with E-state index in [0.29, 0.717) is 5.69 Å². The molecule has 116 valence electrons. The first kappa shape index (κ1) is 15.9. The Morgan fingerprint density at radius 2 is 2.00 bits per heavy atom. The molecule has 1 aromatic heterocycles. The van der Waals surface area contributed by atoms with E-state index in [1.165, 1.54) is 17.0 Å². The second kappa shape index (κ2) is 7.02. The Morgan fingerprint density at radius 3 is 2.59 bits per heavy atom. The van der Waals surface area contributed by atoms with Gasteiger partial charge in [0.1, 0.15) is 6.54 Å². The molecule has 5 heteroatoms. The average Bonchev–Trinajstić information content (AvgIpc) is 2.50. The zero-order chi connectivity index (χ0) is 16.1. The Hall–Kier alpha value is -2.43. The minimum atomic E-state index is -0.232. The summed E-state index contributed by atoms with van der Waals surface area (Å²) in [7, 11) is 0. The van der Waals surface area contributed by atoms with Crippen LogP contribution in [0.15, 0.2) is 41.5 Å². The molecule has 0 fully saturated rings. The maximum absolute atomic E-state index is 12.1. The third kappa shape index (κ3) is 4.04. The van der Waals surface area contributed by atoms with Gasteiger partial charge in [-0.2, -0.15) is 0 Å². The van der Waals surface area contributed by atoms with Gasteiger partial charge in [0.25, 0.3) is 5.56 Å². The number of nitrogens with zero attached hydrogens (tertiary/aromatic N) is 2. The lowest BCUT2D eigenvalue weighted by Crippen LogP contribution is -2.37. The van der Waals surface area contributed by atoms with Gasteiger partial charge in [0.15, 0.2) is 0 Å². The summed E-state index contributed by atoms with van der Waals surface area (Å²) in [6.45, 7) is 5.92. The number of aryl methyl sites for hydroxylation is 1. The summed E-state index contributed by atoms with van der Waals surface area (Å²) in [4.78, 5) is 28.2. The molecule has 1 unspecified atom stereocenters. The Kier molecular flexibility index (Phi) is 5.09. The molecule has 1 N–H and O–H groups in total. The highest BCUT2D eigenvalue weighted by molar-refractivity contribution is 5.76. The maximum atomic E-state index is 12.1. The van der Waals surface area contributed by atoms with Gasteiger partial charge in [-0.05, 0) is 20.3 Å². The highest BCUT2D eigenvalue weighted by Gasteiger charge is 2.09. The summed E-state index contributed by atoms with van der Waals surface area (Å²) >= 11 is 0. The minimum Gasteiger partial charge on any atom is -0.352 e. The molecule has 0 spiro atoms. The van der Waals surface area contributed by atoms with Crippen LogP contribution in [0.2, 0.25) is 0 Å². The normalized spacial score (nSPS) is 12.0. The first-order valence-corrected chi connectivity index (χ1v) is 7.42. The fourth-order valence-electron chi connectivity index (χ4n) is 2.00. The van der Waals surface area contributed by atoms with Crippen molar-refractivity contribution in [2.75, 3.05) is 0 Å². The summed E-state index contributed by atoms with van der Waals surface area (Å²) < 4.78 is 1.31. The number of carbonyl (C=O) groups excluding carboxylic acids is 1. The lowest BCUT2D eigenvalue weighted by molar-refractivity contribution is -0.122. The van der Waals surface area contributed by atoms with Crippen LogP contribution in [-0.2, 0) is 11.3 Å². The molecular weight excluding hydrogens is 278 g/mol. The van der Waals surface area contributed by atoms with Gasteiger partial charge in [0, 0.05) is 17.7 Å². The Morgan fingerprint density at radius 1 is 1.32 bits per heavy atom. The van der Waals surface area contributed by atoms with Gasteiger partial charge in [-0.1, -0.05) is 36.8 Å². The minimum absolute atomic E-state index is 0.00957. The molecule has 1 atom stereocenters. The van der Waals surface area contributed by atoms with Crippen molar-refractivity contribution in [2.45, 2.75) is 39.8 Å². The average molecular weight is 299 g/mol. The van der Waals surface area contributed by atoms with Crippen molar-refractivity contribution in [1.29, 1.82) is 0 Å². The third-order valence-electron chi connectivity index (χ3n) is 3.56. The van der Waals surface area contributed by atoms with Gasteiger partial charge in [-0.15, -0.1) is 0 Å². The van der Waals surface area contributed by atoms with Crippen molar-refractivity contribution < 1.29 is 4.79 Å². The van der Waals surface area contributed by atoms with Gasteiger partial charge < -0.3 is 5.32 Å². The highest BCUT2D eigenvalue weighted by atomic mass is 16.2. The topological polar surface area (TPSA) is 64.0 Å². The molecule has 0 saturated heterocycles. The molecule has 1 heterocycles. The van der Waals surface area contributed by atoms with E-state index in [2.05, 4.69) is 10.3 Å². The first-order valence-electron chi connectivity index (χ1n) is 7.42. The lowest BCUT2D eigenvalue weighted by Gasteiger charge is -2.12. The van der Waals surface area contributed by atoms with Crippen LogP contribution < -0.4 is 10.9 Å². The van der Waals surface area contributed by atoms with E-state index < -0.39 is 0 Å². The van der Waals surface area contributed by atoms with E-state index in [-0.39, 0.29) is 24.1 Å². The van der Waals surface area contributed by atoms with Crippen LogP contribution in [0.25, 0.3) is 11.3 Å². The Balaban J connectivity index is 2.15. The van der Waals surface area contributed by atoms with E-state index in [1.54, 1.807) is 0 Å². The molecule has 0 radical (unpaired) electrons. The van der Waals surface area contributed by atoms with E-state index in [0.717, 1.165) is 17.5 Å². The van der Waals surface area contributed by atoms with Gasteiger partial charge in [-0.25, -0.2) is 4.98 Å². The standard InChI is InChI=1S/C17H21N3O2/c1-4-13(3)19-16(21)10-20-11-18-15(9-17(20)22)14-7-5-12(2)6-8-14/h5-9,11,13H,4,10H2,1-3H3,(H,19,21). The molecule has 2 aromatic rings. The summed E-state index contributed by atoms with van der Waals surface area (Å²) in [5.74, 6) is -0.179. The molecule has 1 amide bonds. The van der Waals surface area contributed by atoms with Crippen molar-refractivity contribution in [2.24, 2.45) is 0 Å². The second-order valence-corrected chi connectivity index (χ2v) is 5.48. The molecule has 5 nitrogen and oxygen atoms in total. The maximum Gasteiger partial charge on any atom is 0.254 e. The van der Waals surface area contributed by atoms with Crippen LogP contribution in [-0.4, -0.2) is 21.5 Å². The monoisotopic (exact) mass is 299 g/mol. The number of nitrogens with one attached hydrogen (secondary N) is 1. The zero-order valence-electron chi connectivity index (χ0n) is 13.2. The summed E-state index contributed by atoms with van der Waals surface area (Å²) in [6.07, 6.45) is 2.28. The van der Waals surface area contributed by atoms with Crippen LogP contribution in [0.1, 0.15) is 25.8 Å². The summed E-state index contributed by atoms with van der Waals surface area (Å²) in [6, 6.07) is 9.36. The molecule has 0 aliphatic rings. The highest BCUT2D eigenvalue weighted by Crippen LogP contribution is 2.15. The van der Waals surface area contributed by atoms with Crippen molar-refractivity contribution in [1.82, 2.24) is 14.9 Å². The van der Waals surface area contributed by atoms with Crippen LogP contribution >= 0.6 is 0 Å². The third-order valence-corrected chi connectivity index (χ3v) is 3.56. The molecule has 0 saturated carbocycles. The second-order valence-electron chi connectivity index (χ2n) is 5.48. The molecule has 0 aliphatic carbocycles. The van der Waals surface area contributed by atoms with E-state index in [9.17, 15) is 9.59 Å². The van der Waals surface area contributed by atoms with E-state index in [1.807, 2.05) is 45.0 Å². The molecule has 22 heavy (non-hydrogen) atoms. The van der Waals surface area contributed by atoms with Gasteiger partial charge in [0.05, 0.1) is 12.0 Å². The van der Waals surface area contributed by atoms with Gasteiger partial charge >= 0.3 is 0 Å². The molecular formula is C17H21N3O2. The SMILES string of the molecule is CCC(C)NC(=O)Cn1cnc(-c2ccc(C)cc2)cc1=O. The van der Waals surface area contributed by atoms with Gasteiger partial charge in [0.2, 0.25) is 5.91 Å². The van der Waals surface area contributed by atoms with Gasteiger partial charge in [-0.3, -0.25) is 14.2 Å². The van der Waals surface area contributed by atoms with Crippen molar-refractivity contribution in [3.63, 3.8) is 0 Å². The number of hydrogen-bond donors (Lipinski definition) is 1. The predicted octanol–water partition coefficient (Wildman–Crippen LogP) is 2.13. The fourth-order valence-corrected chi connectivity index (χ4v) is 2.00. The largest absolute Gasteiger partial charge is 0.352 e. The smallest absolute Gasteiger partial charge is 0.254 e. The van der Waals surface area contributed by atoms with Crippen LogP contribution in [0.5, 0.6) is 0 Å². The molecule has 1 aromatic carbocycles. The quantitative estimate of drug-likeness (QED) is 0.920. The van der Waals surface area contributed by atoms with Crippen LogP contribution in [0.3, 0.4) is 0 Å².